The molecule has 24 heavy (non-hydrogen) atoms. The number of hydrogen-bond donors (Lipinski definition) is 1. The van der Waals surface area contributed by atoms with Gasteiger partial charge in [-0.15, -0.1) is 0 Å². The number of aromatic nitrogens is 1. The van der Waals surface area contributed by atoms with Crippen molar-refractivity contribution in [3.05, 3.63) is 59.7 Å². The zero-order valence-corrected chi connectivity index (χ0v) is 13.8. The van der Waals surface area contributed by atoms with Crippen molar-refractivity contribution in [2.45, 2.75) is 6.54 Å². The number of rotatable bonds is 6. The molecule has 1 N–H and O–H groups in total. The van der Waals surface area contributed by atoms with E-state index in [9.17, 15) is 9.18 Å². The van der Waals surface area contributed by atoms with Gasteiger partial charge in [-0.2, -0.15) is 0 Å². The lowest BCUT2D eigenvalue weighted by atomic mass is 10.2. The molecule has 0 saturated carbocycles. The van der Waals surface area contributed by atoms with Crippen LogP contribution in [-0.2, 0) is 6.54 Å². The van der Waals surface area contributed by atoms with E-state index in [4.69, 9.17) is 4.42 Å². The maximum atomic E-state index is 13.4. The summed E-state index contributed by atoms with van der Waals surface area (Å²) in [7, 11) is 3.90. The third kappa shape index (κ3) is 3.49. The van der Waals surface area contributed by atoms with Gasteiger partial charge in [0.05, 0.1) is 11.8 Å². The Kier molecular flexibility index (Phi) is 4.66. The number of fused-ring (bicyclic) bond motifs is 1. The average molecular weight is 329 g/mol. The molecule has 0 aliphatic carbocycles. The summed E-state index contributed by atoms with van der Waals surface area (Å²) in [5.74, 6) is -0.459. The summed E-state index contributed by atoms with van der Waals surface area (Å²) in [6.45, 7) is 1.71. The van der Waals surface area contributed by atoms with Crippen molar-refractivity contribution in [3.63, 3.8) is 0 Å². The Bertz CT molecular complexity index is 851. The minimum absolute atomic E-state index is 0.167. The highest BCUT2D eigenvalue weighted by molar-refractivity contribution is 5.97. The van der Waals surface area contributed by atoms with Crippen molar-refractivity contribution in [1.29, 1.82) is 0 Å². The summed E-state index contributed by atoms with van der Waals surface area (Å²) in [5.41, 5.74) is 2.75. The smallest absolute Gasteiger partial charge is 0.268 e. The first-order valence-corrected chi connectivity index (χ1v) is 7.78. The van der Waals surface area contributed by atoms with Gasteiger partial charge in [0, 0.05) is 31.8 Å². The van der Waals surface area contributed by atoms with Gasteiger partial charge in [-0.05, 0) is 31.8 Å². The zero-order valence-electron chi connectivity index (χ0n) is 13.8. The van der Waals surface area contributed by atoms with Crippen LogP contribution in [0.5, 0.6) is 0 Å². The number of nitrogens with one attached hydrogen (secondary N) is 1. The van der Waals surface area contributed by atoms with E-state index in [1.54, 1.807) is 18.4 Å². The molecule has 0 radical (unpaired) electrons. The van der Waals surface area contributed by atoms with Crippen LogP contribution >= 0.6 is 0 Å². The third-order valence-electron chi connectivity index (χ3n) is 3.83. The number of likely N-dealkylation sites (N-methyl/N-ethyl adjacent to an activating group) is 1. The number of furan rings is 1. The van der Waals surface area contributed by atoms with E-state index < -0.39 is 0 Å². The van der Waals surface area contributed by atoms with Gasteiger partial charge in [0.1, 0.15) is 11.5 Å². The molecule has 5 nitrogen and oxygen atoms in total. The van der Waals surface area contributed by atoms with Crippen molar-refractivity contribution in [3.8, 4) is 0 Å². The van der Waals surface area contributed by atoms with Crippen LogP contribution in [0.4, 0.5) is 4.39 Å². The molecule has 0 unspecified atom stereocenters. The summed E-state index contributed by atoms with van der Waals surface area (Å²) >= 11 is 0. The molecule has 3 rings (SSSR count). The van der Waals surface area contributed by atoms with E-state index in [1.165, 1.54) is 12.1 Å². The van der Waals surface area contributed by atoms with Crippen LogP contribution in [0, 0.1) is 5.82 Å². The van der Waals surface area contributed by atoms with Crippen LogP contribution in [0.2, 0.25) is 0 Å². The molecule has 1 amide bonds. The minimum atomic E-state index is -0.292. The number of carbonyl (C=O) groups excluding carboxylic acids is 1. The molecule has 0 aliphatic heterocycles. The molecule has 2 heterocycles. The summed E-state index contributed by atoms with van der Waals surface area (Å²) < 4.78 is 20.7. The molecule has 126 valence electrons. The fourth-order valence-corrected chi connectivity index (χ4v) is 2.64. The number of carbonyl (C=O) groups is 1. The first kappa shape index (κ1) is 16.3. The Balaban J connectivity index is 1.87. The van der Waals surface area contributed by atoms with Crippen molar-refractivity contribution >= 4 is 17.0 Å². The second-order valence-electron chi connectivity index (χ2n) is 5.97. The van der Waals surface area contributed by atoms with Crippen LogP contribution in [0.3, 0.4) is 0 Å². The van der Waals surface area contributed by atoms with Gasteiger partial charge in [-0.1, -0.05) is 12.1 Å². The largest absolute Gasteiger partial charge is 0.463 e. The first-order valence-electron chi connectivity index (χ1n) is 7.78. The van der Waals surface area contributed by atoms with Gasteiger partial charge < -0.3 is 19.2 Å². The molecule has 0 atom stereocenters. The molecule has 1 aromatic carbocycles. The van der Waals surface area contributed by atoms with E-state index in [0.29, 0.717) is 24.4 Å². The Morgan fingerprint density at radius 1 is 1.29 bits per heavy atom. The normalized spacial score (nSPS) is 11.3. The maximum absolute atomic E-state index is 13.4. The minimum Gasteiger partial charge on any atom is -0.463 e. The van der Waals surface area contributed by atoms with Gasteiger partial charge in [0.2, 0.25) is 0 Å². The molecule has 0 spiro atoms. The maximum Gasteiger partial charge on any atom is 0.268 e. The summed E-state index contributed by atoms with van der Waals surface area (Å²) in [5, 5.41) is 2.90. The Labute approximate surface area is 139 Å². The first-order chi connectivity index (χ1) is 11.5. The van der Waals surface area contributed by atoms with Crippen molar-refractivity contribution in [2.75, 3.05) is 27.2 Å². The van der Waals surface area contributed by atoms with Gasteiger partial charge in [0.25, 0.3) is 5.91 Å². The van der Waals surface area contributed by atoms with E-state index in [-0.39, 0.29) is 11.7 Å². The second kappa shape index (κ2) is 6.88. The summed E-state index contributed by atoms with van der Waals surface area (Å²) in [6, 6.07) is 9.91. The van der Waals surface area contributed by atoms with E-state index in [2.05, 4.69) is 5.32 Å². The standard InChI is InChI=1S/C18H20FN3O2/c1-21(2)8-7-20-18(23)16-11-17-15(6-9-24-17)22(16)12-13-4-3-5-14(19)10-13/h3-6,9-11H,7-8,12H2,1-2H3,(H,20,23). The fourth-order valence-electron chi connectivity index (χ4n) is 2.64. The molecular weight excluding hydrogens is 309 g/mol. The van der Waals surface area contributed by atoms with Crippen molar-refractivity contribution < 1.29 is 13.6 Å². The highest BCUT2D eigenvalue weighted by Crippen LogP contribution is 2.22. The van der Waals surface area contributed by atoms with Gasteiger partial charge >= 0.3 is 0 Å². The number of hydrogen-bond acceptors (Lipinski definition) is 3. The number of halogens is 1. The number of benzene rings is 1. The van der Waals surface area contributed by atoms with Gasteiger partial charge in [-0.25, -0.2) is 4.39 Å². The van der Waals surface area contributed by atoms with Crippen LogP contribution in [0.15, 0.2) is 47.1 Å². The summed E-state index contributed by atoms with van der Waals surface area (Å²) in [6.07, 6.45) is 1.58. The zero-order chi connectivity index (χ0) is 17.1. The second-order valence-corrected chi connectivity index (χ2v) is 5.97. The lowest BCUT2D eigenvalue weighted by Crippen LogP contribution is -2.32. The van der Waals surface area contributed by atoms with Crippen LogP contribution < -0.4 is 5.32 Å². The molecule has 2 aromatic heterocycles. The highest BCUT2D eigenvalue weighted by atomic mass is 19.1. The molecule has 0 bridgehead atoms. The van der Waals surface area contributed by atoms with Crippen LogP contribution in [0.1, 0.15) is 16.1 Å². The Morgan fingerprint density at radius 2 is 2.12 bits per heavy atom. The lowest BCUT2D eigenvalue weighted by Gasteiger charge is -2.13. The molecule has 0 fully saturated rings. The number of amides is 1. The average Bonchev–Trinajstić information content (AvgIpc) is 3.09. The fraction of sp³-hybridized carbons (Fsp3) is 0.278. The third-order valence-corrected chi connectivity index (χ3v) is 3.83. The predicted molar refractivity (Wildman–Crippen MR) is 90.6 cm³/mol. The molecular formula is C18H20FN3O2. The van der Waals surface area contributed by atoms with Crippen molar-refractivity contribution in [1.82, 2.24) is 14.8 Å². The molecule has 6 heteroatoms. The highest BCUT2D eigenvalue weighted by Gasteiger charge is 2.17. The van der Waals surface area contributed by atoms with Crippen LogP contribution in [-0.4, -0.2) is 42.6 Å². The van der Waals surface area contributed by atoms with E-state index in [0.717, 1.165) is 17.6 Å². The number of nitrogens with zero attached hydrogens (tertiary/aromatic N) is 2. The lowest BCUT2D eigenvalue weighted by molar-refractivity contribution is 0.0942. The quantitative estimate of drug-likeness (QED) is 0.756. The van der Waals surface area contributed by atoms with E-state index in [1.807, 2.05) is 35.7 Å². The SMILES string of the molecule is CN(C)CCNC(=O)c1cc2occc2n1Cc1cccc(F)c1. The molecule has 0 aliphatic rings. The monoisotopic (exact) mass is 329 g/mol. The van der Waals surface area contributed by atoms with Gasteiger partial charge in [-0.3, -0.25) is 4.79 Å². The summed E-state index contributed by atoms with van der Waals surface area (Å²) in [4.78, 5) is 14.5. The Morgan fingerprint density at radius 3 is 2.88 bits per heavy atom. The van der Waals surface area contributed by atoms with E-state index >= 15 is 0 Å². The molecule has 3 aromatic rings. The topological polar surface area (TPSA) is 50.4 Å². The predicted octanol–water partition coefficient (Wildman–Crippen LogP) is 2.71. The van der Waals surface area contributed by atoms with Gasteiger partial charge in [0.15, 0.2) is 5.58 Å². The van der Waals surface area contributed by atoms with Crippen molar-refractivity contribution in [2.24, 2.45) is 0 Å². The van der Waals surface area contributed by atoms with Crippen LogP contribution in [0.25, 0.3) is 11.1 Å². The molecule has 0 saturated heterocycles. The Hall–Kier alpha value is -2.60.